The van der Waals surface area contributed by atoms with Gasteiger partial charge in [0.1, 0.15) is 12.1 Å². The van der Waals surface area contributed by atoms with Crippen molar-refractivity contribution in [3.8, 4) is 22.8 Å². The zero-order chi connectivity index (χ0) is 28.3. The number of amides is 1. The molecular formula is C26H29F3N6O5. The van der Waals surface area contributed by atoms with Gasteiger partial charge in [-0.3, -0.25) is 14.6 Å². The fraction of sp³-hybridized carbons (Fsp3) is 0.462. The molecule has 1 amide bonds. The molecule has 3 aromatic rings. The number of nitrogens with zero attached hydrogens (tertiary/aromatic N) is 5. The van der Waals surface area contributed by atoms with Crippen LogP contribution < -0.4 is 20.3 Å². The zero-order valence-electron chi connectivity index (χ0n) is 21.9. The fourth-order valence-corrected chi connectivity index (χ4v) is 4.62. The highest BCUT2D eigenvalue weighted by atomic mass is 19.4. The maximum Gasteiger partial charge on any atom is 0.411 e. The van der Waals surface area contributed by atoms with E-state index in [0.29, 0.717) is 46.9 Å². The first-order valence-electron chi connectivity index (χ1n) is 12.9. The summed E-state index contributed by atoms with van der Waals surface area (Å²) < 4.78 is 54.6. The molecule has 1 fully saturated rings. The summed E-state index contributed by atoms with van der Waals surface area (Å²) >= 11 is 0. The van der Waals surface area contributed by atoms with Crippen molar-refractivity contribution in [3.63, 3.8) is 0 Å². The number of aromatic nitrogens is 3. The quantitative estimate of drug-likeness (QED) is 0.393. The molecular weight excluding hydrogens is 533 g/mol. The number of nitrogens with one attached hydrogen (secondary N) is 1. The van der Waals surface area contributed by atoms with Crippen molar-refractivity contribution in [2.75, 3.05) is 64.6 Å². The van der Waals surface area contributed by atoms with Gasteiger partial charge in [-0.05, 0) is 30.8 Å². The Kier molecular flexibility index (Phi) is 8.07. The Labute approximate surface area is 227 Å². The lowest BCUT2D eigenvalue weighted by Gasteiger charge is -2.34. The molecule has 2 aliphatic rings. The molecule has 0 saturated carbocycles. The number of carbonyl (C=O) groups excluding carboxylic acids is 1. The van der Waals surface area contributed by atoms with Gasteiger partial charge in [0.25, 0.3) is 5.56 Å². The van der Waals surface area contributed by atoms with E-state index in [1.54, 1.807) is 29.2 Å². The van der Waals surface area contributed by atoms with E-state index in [1.807, 2.05) is 0 Å². The van der Waals surface area contributed by atoms with E-state index in [9.17, 15) is 22.8 Å². The second-order valence-electron chi connectivity index (χ2n) is 9.38. The molecule has 0 bridgehead atoms. The highest BCUT2D eigenvalue weighted by Gasteiger charge is 2.27. The van der Waals surface area contributed by atoms with Crippen LogP contribution in [0.15, 0.2) is 35.3 Å². The number of benzene rings is 1. The third-order valence-electron chi connectivity index (χ3n) is 6.81. The third-order valence-corrected chi connectivity index (χ3v) is 6.81. The number of pyridine rings is 1. The number of ether oxygens (including phenoxy) is 3. The molecule has 1 aromatic carbocycles. The Morgan fingerprint density at radius 1 is 1.12 bits per heavy atom. The second-order valence-corrected chi connectivity index (χ2v) is 9.38. The Morgan fingerprint density at radius 2 is 1.90 bits per heavy atom. The Morgan fingerprint density at radius 3 is 2.65 bits per heavy atom. The molecule has 214 valence electrons. The molecule has 11 nitrogen and oxygen atoms in total. The van der Waals surface area contributed by atoms with Gasteiger partial charge in [-0.1, -0.05) is 6.92 Å². The van der Waals surface area contributed by atoms with Gasteiger partial charge in [-0.25, -0.2) is 4.98 Å². The van der Waals surface area contributed by atoms with Crippen LogP contribution in [0.4, 0.5) is 19.0 Å². The summed E-state index contributed by atoms with van der Waals surface area (Å²) in [6.45, 7) is 3.72. The average Bonchev–Trinajstić information content (AvgIpc) is 3.42. The van der Waals surface area contributed by atoms with Gasteiger partial charge >= 0.3 is 6.18 Å². The number of alkyl halides is 3. The molecule has 0 unspecified atom stereocenters. The summed E-state index contributed by atoms with van der Waals surface area (Å²) in [5.74, 6) is 0.883. The molecule has 40 heavy (non-hydrogen) atoms. The lowest BCUT2D eigenvalue weighted by molar-refractivity contribution is -0.174. The van der Waals surface area contributed by atoms with E-state index >= 15 is 0 Å². The average molecular weight is 563 g/mol. The molecule has 1 N–H and O–H groups in total. The van der Waals surface area contributed by atoms with Crippen LogP contribution in [0.1, 0.15) is 6.92 Å². The summed E-state index contributed by atoms with van der Waals surface area (Å²) in [4.78, 5) is 39.0. The van der Waals surface area contributed by atoms with Crippen LogP contribution in [0.2, 0.25) is 0 Å². The van der Waals surface area contributed by atoms with Crippen LogP contribution in [-0.2, 0) is 16.1 Å². The molecule has 14 heteroatoms. The summed E-state index contributed by atoms with van der Waals surface area (Å²) in [6.07, 6.45) is -3.02. The maximum absolute atomic E-state index is 13.4. The van der Waals surface area contributed by atoms with Crippen LogP contribution >= 0.6 is 0 Å². The standard InChI is InChI=1S/C26H29F3N6O5/c1-2-33-5-7-34(8-6-33)23(36)14-31-24-25(37)35(9-10-38-15-26(27,28)29)20-12-18(30-13-19(20)32-24)17-3-4-21-22(11-17)40-16-39-21/h3-4,11-13H,2,5-10,14-16H2,1H3,(H,31,32). The number of hydrogen-bond acceptors (Lipinski definition) is 9. The minimum Gasteiger partial charge on any atom is -0.454 e. The van der Waals surface area contributed by atoms with Crippen molar-refractivity contribution >= 4 is 22.8 Å². The highest BCUT2D eigenvalue weighted by Crippen LogP contribution is 2.35. The topological polar surface area (TPSA) is 111 Å². The molecule has 0 aliphatic carbocycles. The molecule has 2 aromatic heterocycles. The molecule has 4 heterocycles. The van der Waals surface area contributed by atoms with Gasteiger partial charge in [0.15, 0.2) is 17.3 Å². The number of likely N-dealkylation sites (N-methyl/N-ethyl adjacent to an activating group) is 1. The van der Waals surface area contributed by atoms with Crippen molar-refractivity contribution in [2.24, 2.45) is 0 Å². The summed E-state index contributed by atoms with van der Waals surface area (Å²) in [7, 11) is 0. The zero-order valence-corrected chi connectivity index (χ0v) is 21.9. The first kappa shape index (κ1) is 27.6. The summed E-state index contributed by atoms with van der Waals surface area (Å²) in [5.41, 5.74) is 1.28. The van der Waals surface area contributed by atoms with Gasteiger partial charge in [0, 0.05) is 38.3 Å². The SMILES string of the molecule is CCN1CCN(C(=O)CNc2nc3cnc(-c4ccc5c(c4)OCO5)cc3n(CCOCC(F)(F)F)c2=O)CC1. The Hall–Kier alpha value is -3.91. The number of rotatable bonds is 9. The van der Waals surface area contributed by atoms with Crippen molar-refractivity contribution in [3.05, 3.63) is 40.8 Å². The summed E-state index contributed by atoms with van der Waals surface area (Å²) in [5, 5.41) is 2.83. The van der Waals surface area contributed by atoms with Crippen LogP contribution in [0.25, 0.3) is 22.3 Å². The molecule has 2 aliphatic heterocycles. The number of hydrogen-bond donors (Lipinski definition) is 1. The van der Waals surface area contributed by atoms with Crippen molar-refractivity contribution in [2.45, 2.75) is 19.6 Å². The number of piperazine rings is 1. The van der Waals surface area contributed by atoms with Crippen LogP contribution in [0.3, 0.4) is 0 Å². The van der Waals surface area contributed by atoms with Crippen LogP contribution in [-0.4, -0.2) is 95.7 Å². The minimum atomic E-state index is -4.49. The third kappa shape index (κ3) is 6.28. The van der Waals surface area contributed by atoms with E-state index in [2.05, 4.69) is 27.1 Å². The number of anilines is 1. The smallest absolute Gasteiger partial charge is 0.411 e. The largest absolute Gasteiger partial charge is 0.454 e. The van der Waals surface area contributed by atoms with E-state index < -0.39 is 18.3 Å². The second kappa shape index (κ2) is 11.7. The normalized spacial score (nSPS) is 15.6. The van der Waals surface area contributed by atoms with Gasteiger partial charge in [0.05, 0.1) is 30.6 Å². The number of halogens is 3. The van der Waals surface area contributed by atoms with E-state index in [-0.39, 0.29) is 38.2 Å². The molecule has 5 rings (SSSR count). The predicted molar refractivity (Wildman–Crippen MR) is 139 cm³/mol. The van der Waals surface area contributed by atoms with E-state index in [4.69, 9.17) is 14.2 Å². The predicted octanol–water partition coefficient (Wildman–Crippen LogP) is 2.34. The molecule has 1 saturated heterocycles. The van der Waals surface area contributed by atoms with Crippen LogP contribution in [0.5, 0.6) is 11.5 Å². The fourth-order valence-electron chi connectivity index (χ4n) is 4.62. The molecule has 0 spiro atoms. The number of fused-ring (bicyclic) bond motifs is 2. The first-order valence-corrected chi connectivity index (χ1v) is 12.9. The van der Waals surface area contributed by atoms with E-state index in [1.165, 1.54) is 10.8 Å². The molecule has 0 radical (unpaired) electrons. The number of carbonyl (C=O) groups is 1. The first-order chi connectivity index (χ1) is 19.2. The summed E-state index contributed by atoms with van der Waals surface area (Å²) in [6, 6.07) is 6.91. The minimum absolute atomic E-state index is 0.0958. The lowest BCUT2D eigenvalue weighted by atomic mass is 10.1. The maximum atomic E-state index is 13.4. The van der Waals surface area contributed by atoms with Crippen molar-refractivity contribution in [1.82, 2.24) is 24.3 Å². The van der Waals surface area contributed by atoms with Crippen molar-refractivity contribution in [1.29, 1.82) is 0 Å². The molecule has 0 atom stereocenters. The van der Waals surface area contributed by atoms with E-state index in [0.717, 1.165) is 19.6 Å². The highest BCUT2D eigenvalue weighted by molar-refractivity contribution is 5.83. The van der Waals surface area contributed by atoms with Gasteiger partial charge in [-0.2, -0.15) is 13.2 Å². The monoisotopic (exact) mass is 562 g/mol. The Balaban J connectivity index is 1.40. The van der Waals surface area contributed by atoms with Gasteiger partial charge in [0.2, 0.25) is 12.7 Å². The lowest BCUT2D eigenvalue weighted by Crippen LogP contribution is -2.50. The van der Waals surface area contributed by atoms with Crippen LogP contribution in [0, 0.1) is 0 Å². The van der Waals surface area contributed by atoms with Gasteiger partial charge < -0.3 is 33.9 Å². The Bertz CT molecular complexity index is 1440. The van der Waals surface area contributed by atoms with Gasteiger partial charge in [-0.15, -0.1) is 0 Å². The van der Waals surface area contributed by atoms with Crippen molar-refractivity contribution < 1.29 is 32.2 Å².